The summed E-state index contributed by atoms with van der Waals surface area (Å²) in [5.41, 5.74) is 1.34. The normalized spacial score (nSPS) is 30.1. The zero-order valence-corrected chi connectivity index (χ0v) is 13.2. The van der Waals surface area contributed by atoms with Gasteiger partial charge in [-0.1, -0.05) is 18.5 Å². The number of aromatic nitrogens is 2. The maximum Gasteiger partial charge on any atom is 0.0869 e. The fraction of sp³-hybridized carbons (Fsp3) is 0.800. The van der Waals surface area contributed by atoms with Crippen molar-refractivity contribution < 1.29 is 5.11 Å². The second-order valence-corrected chi connectivity index (χ2v) is 6.48. The van der Waals surface area contributed by atoms with E-state index >= 15 is 0 Å². The number of hydrogen-bond donors (Lipinski definition) is 1. The molecule has 5 heteroatoms. The van der Waals surface area contributed by atoms with Crippen LogP contribution in [0.5, 0.6) is 0 Å². The van der Waals surface area contributed by atoms with Crippen LogP contribution in [-0.2, 0) is 19.4 Å². The summed E-state index contributed by atoms with van der Waals surface area (Å²) < 4.78 is 1.97. The molecule has 1 aromatic heterocycles. The van der Waals surface area contributed by atoms with Gasteiger partial charge >= 0.3 is 0 Å². The molecule has 1 N–H and O–H groups in total. The maximum atomic E-state index is 11.1. The van der Waals surface area contributed by atoms with E-state index in [2.05, 4.69) is 23.8 Å². The van der Waals surface area contributed by atoms with Gasteiger partial charge in [-0.2, -0.15) is 5.10 Å². The van der Waals surface area contributed by atoms with Gasteiger partial charge in [0.05, 0.1) is 22.0 Å². The first-order chi connectivity index (χ1) is 9.59. The first kappa shape index (κ1) is 14.4. The van der Waals surface area contributed by atoms with Gasteiger partial charge in [0.2, 0.25) is 0 Å². The van der Waals surface area contributed by atoms with Crippen molar-refractivity contribution in [3.63, 3.8) is 0 Å². The monoisotopic (exact) mass is 297 g/mol. The van der Waals surface area contributed by atoms with Crippen molar-refractivity contribution in [1.82, 2.24) is 14.7 Å². The number of nitrogens with zero attached hydrogens (tertiary/aromatic N) is 3. The van der Waals surface area contributed by atoms with Crippen LogP contribution in [0.1, 0.15) is 44.5 Å². The number of rotatable bonds is 4. The van der Waals surface area contributed by atoms with Crippen LogP contribution >= 0.6 is 11.6 Å². The summed E-state index contributed by atoms with van der Waals surface area (Å²) in [5, 5.41) is 16.4. The average molecular weight is 298 g/mol. The molecule has 2 atom stereocenters. The lowest BCUT2D eigenvalue weighted by molar-refractivity contribution is 0.0124. The number of halogens is 1. The Kier molecular flexibility index (Phi) is 3.82. The SMILES string of the molecule is CCc1nn(CC)c(CC2(O)CCN3CCCC32)c1Cl. The van der Waals surface area contributed by atoms with Gasteiger partial charge in [-0.05, 0) is 39.2 Å². The molecule has 0 saturated carbocycles. The van der Waals surface area contributed by atoms with E-state index in [0.29, 0.717) is 12.5 Å². The third-order valence-corrected chi connectivity index (χ3v) is 5.42. The van der Waals surface area contributed by atoms with Gasteiger partial charge in [0.15, 0.2) is 0 Å². The zero-order chi connectivity index (χ0) is 14.3. The molecule has 0 amide bonds. The van der Waals surface area contributed by atoms with Crippen molar-refractivity contribution in [2.75, 3.05) is 13.1 Å². The van der Waals surface area contributed by atoms with E-state index in [4.69, 9.17) is 11.6 Å². The van der Waals surface area contributed by atoms with Crippen molar-refractivity contribution >= 4 is 11.6 Å². The molecular formula is C15H24ClN3O. The minimum Gasteiger partial charge on any atom is -0.388 e. The fourth-order valence-electron chi connectivity index (χ4n) is 3.89. The van der Waals surface area contributed by atoms with E-state index in [1.807, 2.05) is 4.68 Å². The summed E-state index contributed by atoms with van der Waals surface area (Å²) in [6.07, 6.45) is 4.63. The van der Waals surface area contributed by atoms with Crippen molar-refractivity contribution in [2.24, 2.45) is 0 Å². The topological polar surface area (TPSA) is 41.3 Å². The molecule has 0 bridgehead atoms. The molecule has 112 valence electrons. The lowest BCUT2D eigenvalue weighted by Crippen LogP contribution is -2.43. The summed E-state index contributed by atoms with van der Waals surface area (Å²) in [7, 11) is 0. The third-order valence-electron chi connectivity index (χ3n) is 4.98. The summed E-state index contributed by atoms with van der Waals surface area (Å²) in [5.74, 6) is 0. The molecule has 2 fully saturated rings. The first-order valence-electron chi connectivity index (χ1n) is 7.79. The Hall–Kier alpha value is -0.580. The van der Waals surface area contributed by atoms with Gasteiger partial charge < -0.3 is 5.11 Å². The Bertz CT molecular complexity index is 502. The summed E-state index contributed by atoms with van der Waals surface area (Å²) in [4.78, 5) is 2.43. The first-order valence-corrected chi connectivity index (χ1v) is 8.17. The third kappa shape index (κ3) is 2.18. The number of aliphatic hydroxyl groups is 1. The fourth-order valence-corrected chi connectivity index (χ4v) is 4.22. The molecule has 2 saturated heterocycles. The summed E-state index contributed by atoms with van der Waals surface area (Å²) in [6, 6.07) is 0.309. The molecular weight excluding hydrogens is 274 g/mol. The Morgan fingerprint density at radius 3 is 2.90 bits per heavy atom. The van der Waals surface area contributed by atoms with Crippen LogP contribution < -0.4 is 0 Å². The second-order valence-electron chi connectivity index (χ2n) is 6.10. The van der Waals surface area contributed by atoms with Crippen LogP contribution in [0.2, 0.25) is 5.02 Å². The van der Waals surface area contributed by atoms with Crippen molar-refractivity contribution in [3.8, 4) is 0 Å². The molecule has 4 nitrogen and oxygen atoms in total. The predicted octanol–water partition coefficient (Wildman–Crippen LogP) is 2.26. The second kappa shape index (κ2) is 5.32. The van der Waals surface area contributed by atoms with Crippen molar-refractivity contribution in [1.29, 1.82) is 0 Å². The highest BCUT2D eigenvalue weighted by atomic mass is 35.5. The molecule has 2 aliphatic rings. The van der Waals surface area contributed by atoms with Crippen molar-refractivity contribution in [3.05, 3.63) is 16.4 Å². The van der Waals surface area contributed by atoms with Gasteiger partial charge in [0.1, 0.15) is 0 Å². The molecule has 20 heavy (non-hydrogen) atoms. The smallest absolute Gasteiger partial charge is 0.0869 e. The quantitative estimate of drug-likeness (QED) is 0.927. The molecule has 0 aromatic carbocycles. The van der Waals surface area contributed by atoms with E-state index in [1.165, 1.54) is 6.42 Å². The van der Waals surface area contributed by atoms with Gasteiger partial charge in [0.25, 0.3) is 0 Å². The molecule has 3 rings (SSSR count). The van der Waals surface area contributed by atoms with Gasteiger partial charge in [-0.15, -0.1) is 0 Å². The minimum absolute atomic E-state index is 0.309. The van der Waals surface area contributed by atoms with Crippen LogP contribution in [0.15, 0.2) is 0 Å². The molecule has 1 aromatic rings. The standard InChI is InChI=1S/C15H24ClN3O/c1-3-11-14(16)12(19(4-2)17-11)10-15(20)7-9-18-8-5-6-13(15)18/h13,20H,3-10H2,1-2H3. The maximum absolute atomic E-state index is 11.1. The molecule has 3 heterocycles. The minimum atomic E-state index is -0.627. The molecule has 0 spiro atoms. The van der Waals surface area contributed by atoms with E-state index in [1.54, 1.807) is 0 Å². The predicted molar refractivity (Wildman–Crippen MR) is 80.2 cm³/mol. The molecule has 0 aliphatic carbocycles. The summed E-state index contributed by atoms with van der Waals surface area (Å²) >= 11 is 6.48. The van der Waals surface area contributed by atoms with Crippen LogP contribution in [0.3, 0.4) is 0 Å². The summed E-state index contributed by atoms with van der Waals surface area (Å²) in [6.45, 7) is 7.10. The van der Waals surface area contributed by atoms with Crippen molar-refractivity contribution in [2.45, 2.75) is 64.1 Å². The number of hydrogen-bond acceptors (Lipinski definition) is 3. The van der Waals surface area contributed by atoms with E-state index in [-0.39, 0.29) is 0 Å². The van der Waals surface area contributed by atoms with E-state index < -0.39 is 5.60 Å². The Labute approximate surface area is 125 Å². The molecule has 2 unspecified atom stereocenters. The average Bonchev–Trinajstić information content (AvgIpc) is 3.09. The highest BCUT2D eigenvalue weighted by Gasteiger charge is 2.48. The lowest BCUT2D eigenvalue weighted by atomic mass is 9.88. The number of fused-ring (bicyclic) bond motifs is 1. The van der Waals surface area contributed by atoms with Crippen LogP contribution in [0.4, 0.5) is 0 Å². The van der Waals surface area contributed by atoms with Crippen LogP contribution in [-0.4, -0.2) is 44.5 Å². The zero-order valence-electron chi connectivity index (χ0n) is 12.4. The van der Waals surface area contributed by atoms with Gasteiger partial charge in [-0.25, -0.2) is 0 Å². The highest BCUT2D eigenvalue weighted by molar-refractivity contribution is 6.31. The lowest BCUT2D eigenvalue weighted by Gasteiger charge is -2.30. The highest BCUT2D eigenvalue weighted by Crippen LogP contribution is 2.39. The Balaban J connectivity index is 1.89. The van der Waals surface area contributed by atoms with E-state index in [0.717, 1.165) is 55.3 Å². The van der Waals surface area contributed by atoms with Crippen LogP contribution in [0.25, 0.3) is 0 Å². The molecule has 0 radical (unpaired) electrons. The van der Waals surface area contributed by atoms with Crippen LogP contribution in [0, 0.1) is 0 Å². The Morgan fingerprint density at radius 2 is 2.20 bits per heavy atom. The van der Waals surface area contributed by atoms with Gasteiger partial charge in [-0.3, -0.25) is 9.58 Å². The number of aryl methyl sites for hydroxylation is 2. The molecule has 2 aliphatic heterocycles. The largest absolute Gasteiger partial charge is 0.388 e. The Morgan fingerprint density at radius 1 is 1.40 bits per heavy atom. The van der Waals surface area contributed by atoms with Gasteiger partial charge in [0, 0.05) is 25.6 Å². The van der Waals surface area contributed by atoms with E-state index in [9.17, 15) is 5.11 Å².